The fourth-order valence-electron chi connectivity index (χ4n) is 3.62. The lowest BCUT2D eigenvalue weighted by molar-refractivity contribution is 0.188. The summed E-state index contributed by atoms with van der Waals surface area (Å²) in [6, 6.07) is 28.9. The Morgan fingerprint density at radius 3 is 2.31 bits per heavy atom. The van der Waals surface area contributed by atoms with Gasteiger partial charge in [0.1, 0.15) is 0 Å². The molecule has 3 aromatic rings. The number of nitrogens with zero attached hydrogens (tertiary/aromatic N) is 1. The van der Waals surface area contributed by atoms with Crippen LogP contribution in [0.2, 0.25) is 0 Å². The average Bonchev–Trinajstić information content (AvgIpc) is 2.72. The Hall–Kier alpha value is -3.07. The molecule has 1 N–H and O–H groups in total. The molecule has 130 valence electrons. The van der Waals surface area contributed by atoms with Gasteiger partial charge in [0, 0.05) is 25.6 Å². The number of amides is 2. The Balaban J connectivity index is 1.54. The maximum Gasteiger partial charge on any atom is 0.317 e. The summed E-state index contributed by atoms with van der Waals surface area (Å²) in [7, 11) is 0. The van der Waals surface area contributed by atoms with Crippen LogP contribution in [0, 0.1) is 0 Å². The summed E-state index contributed by atoms with van der Waals surface area (Å²) in [4.78, 5) is 14.7. The van der Waals surface area contributed by atoms with Crippen molar-refractivity contribution in [3.63, 3.8) is 0 Å². The van der Waals surface area contributed by atoms with E-state index < -0.39 is 0 Å². The lowest BCUT2D eigenvalue weighted by Crippen LogP contribution is -2.44. The van der Waals surface area contributed by atoms with Gasteiger partial charge in [-0.2, -0.15) is 0 Å². The molecular weight excluding hydrogens is 320 g/mol. The molecule has 1 aliphatic heterocycles. The van der Waals surface area contributed by atoms with Crippen molar-refractivity contribution < 1.29 is 4.79 Å². The van der Waals surface area contributed by atoms with E-state index in [1.54, 1.807) is 0 Å². The number of fused-ring (bicyclic) bond motifs is 1. The third-order valence-corrected chi connectivity index (χ3v) is 4.97. The summed E-state index contributed by atoms with van der Waals surface area (Å²) in [5.41, 5.74) is 4.91. The first-order valence-corrected chi connectivity index (χ1v) is 9.01. The largest absolute Gasteiger partial charge is 0.334 e. The normalized spacial score (nSPS) is 16.0. The van der Waals surface area contributed by atoms with Crippen LogP contribution in [0.25, 0.3) is 0 Å². The highest BCUT2D eigenvalue weighted by atomic mass is 16.2. The first kappa shape index (κ1) is 16.4. The Kier molecular flexibility index (Phi) is 4.69. The number of hydrogen-bond donors (Lipinski definition) is 1. The molecule has 1 heterocycles. The first-order chi connectivity index (χ1) is 12.8. The average molecular weight is 342 g/mol. The molecule has 2 amide bonds. The van der Waals surface area contributed by atoms with Crippen LogP contribution in [0.1, 0.15) is 28.2 Å². The van der Waals surface area contributed by atoms with Gasteiger partial charge < -0.3 is 10.2 Å². The van der Waals surface area contributed by atoms with Crippen LogP contribution < -0.4 is 5.32 Å². The maximum absolute atomic E-state index is 12.8. The summed E-state index contributed by atoms with van der Waals surface area (Å²) in [6.45, 7) is 1.90. The second kappa shape index (κ2) is 7.44. The van der Waals surface area contributed by atoms with Gasteiger partial charge in [-0.25, -0.2) is 4.79 Å². The monoisotopic (exact) mass is 342 g/mol. The van der Waals surface area contributed by atoms with E-state index in [1.807, 2.05) is 47.4 Å². The van der Waals surface area contributed by atoms with Gasteiger partial charge in [-0.1, -0.05) is 84.9 Å². The summed E-state index contributed by atoms with van der Waals surface area (Å²) in [6.07, 6.45) is 0. The molecule has 0 radical (unpaired) electrons. The number of nitrogens with one attached hydrogen (secondary N) is 1. The molecule has 0 aromatic heterocycles. The van der Waals surface area contributed by atoms with E-state index >= 15 is 0 Å². The summed E-state index contributed by atoms with van der Waals surface area (Å²) < 4.78 is 0. The second-order valence-corrected chi connectivity index (χ2v) is 6.69. The second-order valence-electron chi connectivity index (χ2n) is 6.69. The maximum atomic E-state index is 12.8. The first-order valence-electron chi connectivity index (χ1n) is 9.01. The van der Waals surface area contributed by atoms with E-state index in [0.717, 1.165) is 5.56 Å². The fraction of sp³-hybridized carbons (Fsp3) is 0.174. The number of benzene rings is 3. The third-order valence-electron chi connectivity index (χ3n) is 4.97. The van der Waals surface area contributed by atoms with Crippen molar-refractivity contribution in [2.75, 3.05) is 6.54 Å². The van der Waals surface area contributed by atoms with Gasteiger partial charge in [-0.3, -0.25) is 0 Å². The van der Waals surface area contributed by atoms with Crippen LogP contribution in [-0.2, 0) is 13.1 Å². The number of rotatable bonds is 3. The van der Waals surface area contributed by atoms with Crippen LogP contribution in [0.5, 0.6) is 0 Å². The number of urea groups is 1. The molecule has 3 aromatic carbocycles. The predicted octanol–water partition coefficient (Wildman–Crippen LogP) is 4.54. The van der Waals surface area contributed by atoms with Crippen molar-refractivity contribution in [3.05, 3.63) is 107 Å². The Morgan fingerprint density at radius 2 is 1.54 bits per heavy atom. The zero-order chi connectivity index (χ0) is 17.8. The highest BCUT2D eigenvalue weighted by Gasteiger charge is 2.28. The minimum atomic E-state index is -0.00992. The molecule has 0 unspecified atom stereocenters. The van der Waals surface area contributed by atoms with Crippen molar-refractivity contribution >= 4 is 6.03 Å². The summed E-state index contributed by atoms with van der Waals surface area (Å²) in [5.74, 6) is 0.212. The molecule has 0 aliphatic carbocycles. The highest BCUT2D eigenvalue weighted by molar-refractivity contribution is 5.75. The van der Waals surface area contributed by atoms with Gasteiger partial charge in [-0.05, 0) is 22.3 Å². The molecule has 0 fully saturated rings. The van der Waals surface area contributed by atoms with Crippen LogP contribution in [0.3, 0.4) is 0 Å². The number of carbonyl (C=O) groups excluding carboxylic acids is 1. The van der Waals surface area contributed by atoms with Crippen molar-refractivity contribution in [2.45, 2.75) is 19.0 Å². The number of carbonyl (C=O) groups is 1. The molecule has 26 heavy (non-hydrogen) atoms. The van der Waals surface area contributed by atoms with E-state index in [4.69, 9.17) is 0 Å². The van der Waals surface area contributed by atoms with Crippen LogP contribution >= 0.6 is 0 Å². The third kappa shape index (κ3) is 3.47. The molecule has 0 saturated heterocycles. The molecule has 1 atom stereocenters. The van der Waals surface area contributed by atoms with Crippen LogP contribution in [-0.4, -0.2) is 17.5 Å². The fourth-order valence-corrected chi connectivity index (χ4v) is 3.62. The summed E-state index contributed by atoms with van der Waals surface area (Å²) >= 11 is 0. The topological polar surface area (TPSA) is 32.3 Å². The smallest absolute Gasteiger partial charge is 0.317 e. The Labute approximate surface area is 154 Å². The minimum absolute atomic E-state index is 0.00992. The molecule has 3 nitrogen and oxygen atoms in total. The molecule has 4 rings (SSSR count). The predicted molar refractivity (Wildman–Crippen MR) is 104 cm³/mol. The van der Waals surface area contributed by atoms with Crippen molar-refractivity contribution in [2.24, 2.45) is 0 Å². The standard InChI is InChI=1S/C23H22N2O/c26-23(24-15-18-9-3-1-4-10-18)25-16-20-13-7-8-14-21(20)22(17-25)19-11-5-2-6-12-19/h1-14,22H,15-17H2,(H,24,26)/t22-/m1/s1. The highest BCUT2D eigenvalue weighted by Crippen LogP contribution is 2.33. The van der Waals surface area contributed by atoms with Gasteiger partial charge in [0.05, 0.1) is 0 Å². The van der Waals surface area contributed by atoms with Gasteiger partial charge >= 0.3 is 6.03 Å². The quantitative estimate of drug-likeness (QED) is 0.744. The van der Waals surface area contributed by atoms with Gasteiger partial charge in [0.25, 0.3) is 0 Å². The van der Waals surface area contributed by atoms with Crippen LogP contribution in [0.4, 0.5) is 4.79 Å². The minimum Gasteiger partial charge on any atom is -0.334 e. The Morgan fingerprint density at radius 1 is 0.885 bits per heavy atom. The van der Waals surface area contributed by atoms with E-state index in [2.05, 4.69) is 47.8 Å². The van der Waals surface area contributed by atoms with E-state index in [9.17, 15) is 4.79 Å². The van der Waals surface area contributed by atoms with E-state index in [1.165, 1.54) is 16.7 Å². The SMILES string of the molecule is O=C(NCc1ccccc1)N1Cc2ccccc2[C@@H](c2ccccc2)C1. The number of hydrogen-bond acceptors (Lipinski definition) is 1. The molecule has 3 heteroatoms. The van der Waals surface area contributed by atoms with Gasteiger partial charge in [0.15, 0.2) is 0 Å². The molecule has 1 aliphatic rings. The molecule has 0 spiro atoms. The van der Waals surface area contributed by atoms with Gasteiger partial charge in [0.2, 0.25) is 0 Å². The van der Waals surface area contributed by atoms with Crippen LogP contribution in [0.15, 0.2) is 84.9 Å². The van der Waals surface area contributed by atoms with Crippen molar-refractivity contribution in [3.8, 4) is 0 Å². The zero-order valence-electron chi connectivity index (χ0n) is 14.6. The Bertz CT molecular complexity index is 877. The zero-order valence-corrected chi connectivity index (χ0v) is 14.6. The van der Waals surface area contributed by atoms with Crippen molar-refractivity contribution in [1.82, 2.24) is 10.2 Å². The lowest BCUT2D eigenvalue weighted by Gasteiger charge is -2.35. The van der Waals surface area contributed by atoms with E-state index in [-0.39, 0.29) is 11.9 Å². The van der Waals surface area contributed by atoms with E-state index in [0.29, 0.717) is 19.6 Å². The summed E-state index contributed by atoms with van der Waals surface area (Å²) in [5, 5.41) is 3.06. The van der Waals surface area contributed by atoms with Crippen molar-refractivity contribution in [1.29, 1.82) is 0 Å². The molecule has 0 saturated carbocycles. The lowest BCUT2D eigenvalue weighted by atomic mass is 9.85. The molecule has 0 bridgehead atoms. The molecular formula is C23H22N2O. The van der Waals surface area contributed by atoms with Gasteiger partial charge in [-0.15, -0.1) is 0 Å².